The fourth-order valence-corrected chi connectivity index (χ4v) is 5.77. The van der Waals surface area contributed by atoms with Crippen LogP contribution < -0.4 is 24.4 Å². The van der Waals surface area contributed by atoms with Gasteiger partial charge < -0.3 is 23.4 Å². The average Bonchev–Trinajstić information content (AvgIpc) is 3.61. The lowest BCUT2D eigenvalue weighted by molar-refractivity contribution is -0.136. The summed E-state index contributed by atoms with van der Waals surface area (Å²) in [6, 6.07) is 13.2. The summed E-state index contributed by atoms with van der Waals surface area (Å²) < 4.78 is 29.3. The van der Waals surface area contributed by atoms with E-state index in [4.69, 9.17) is 23.4 Å². The smallest absolute Gasteiger partial charge is 0.337 e. The minimum atomic E-state index is -0.809. The first kappa shape index (κ1) is 29.6. The maximum absolute atomic E-state index is 13.9. The van der Waals surface area contributed by atoms with Crippen LogP contribution in [0.2, 0.25) is 0 Å². The summed E-state index contributed by atoms with van der Waals surface area (Å²) in [5.74, 6) is 0.980. The zero-order valence-electron chi connectivity index (χ0n) is 24.3. The number of aryl methyl sites for hydroxylation is 1. The van der Waals surface area contributed by atoms with Crippen LogP contribution in [-0.2, 0) is 14.3 Å². The molecular formula is C32H30N2O8S. The van der Waals surface area contributed by atoms with E-state index in [9.17, 15) is 14.4 Å². The first-order valence-corrected chi connectivity index (χ1v) is 14.4. The Morgan fingerprint density at radius 3 is 2.44 bits per heavy atom. The molecule has 0 radical (unpaired) electrons. The van der Waals surface area contributed by atoms with Gasteiger partial charge in [-0.25, -0.2) is 14.6 Å². The molecule has 0 amide bonds. The van der Waals surface area contributed by atoms with Gasteiger partial charge in [-0.3, -0.25) is 9.36 Å². The van der Waals surface area contributed by atoms with E-state index in [0.29, 0.717) is 56.7 Å². The van der Waals surface area contributed by atoms with Crippen molar-refractivity contribution in [2.75, 3.05) is 27.4 Å². The molecule has 11 heteroatoms. The molecule has 1 aliphatic heterocycles. The molecule has 43 heavy (non-hydrogen) atoms. The molecule has 1 aliphatic rings. The van der Waals surface area contributed by atoms with Gasteiger partial charge in [0.1, 0.15) is 11.5 Å². The first-order chi connectivity index (χ1) is 20.8. The second-order valence-electron chi connectivity index (χ2n) is 9.47. The van der Waals surface area contributed by atoms with Crippen molar-refractivity contribution in [2.45, 2.75) is 26.8 Å². The van der Waals surface area contributed by atoms with Crippen molar-refractivity contribution in [3.05, 3.63) is 102 Å². The quantitative estimate of drug-likeness (QED) is 0.262. The van der Waals surface area contributed by atoms with E-state index in [-0.39, 0.29) is 11.1 Å². The van der Waals surface area contributed by atoms with Gasteiger partial charge in [-0.1, -0.05) is 23.5 Å². The summed E-state index contributed by atoms with van der Waals surface area (Å²) in [6.45, 7) is 6.51. The molecule has 222 valence electrons. The van der Waals surface area contributed by atoms with Crippen LogP contribution in [0.4, 0.5) is 0 Å². The molecule has 10 nitrogen and oxygen atoms in total. The Hall–Kier alpha value is -4.90. The van der Waals surface area contributed by atoms with E-state index in [1.165, 1.54) is 36.3 Å². The number of carbonyl (C=O) groups is 2. The third kappa shape index (κ3) is 5.76. The number of hydrogen-bond acceptors (Lipinski definition) is 10. The van der Waals surface area contributed by atoms with Crippen molar-refractivity contribution < 1.29 is 33.0 Å². The summed E-state index contributed by atoms with van der Waals surface area (Å²) in [7, 11) is 2.61. The highest BCUT2D eigenvalue weighted by molar-refractivity contribution is 7.07. The van der Waals surface area contributed by atoms with Gasteiger partial charge in [0.05, 0.1) is 49.1 Å². The van der Waals surface area contributed by atoms with E-state index in [1.807, 2.05) is 26.8 Å². The molecule has 0 N–H and O–H groups in total. The lowest BCUT2D eigenvalue weighted by Gasteiger charge is -2.23. The Bertz CT molecular complexity index is 1910. The average molecular weight is 603 g/mol. The lowest BCUT2D eigenvalue weighted by atomic mass is 9.97. The maximum atomic E-state index is 13.9. The monoisotopic (exact) mass is 602 g/mol. The number of fused-ring (bicyclic) bond motifs is 1. The molecule has 0 unspecified atom stereocenters. The lowest BCUT2D eigenvalue weighted by Crippen LogP contribution is -2.39. The summed E-state index contributed by atoms with van der Waals surface area (Å²) in [5, 5.41) is 0. The van der Waals surface area contributed by atoms with Gasteiger partial charge in [-0.15, -0.1) is 0 Å². The summed E-state index contributed by atoms with van der Waals surface area (Å²) in [6.07, 6.45) is 3.07. The zero-order valence-corrected chi connectivity index (χ0v) is 25.2. The van der Waals surface area contributed by atoms with E-state index in [0.717, 1.165) is 11.1 Å². The van der Waals surface area contributed by atoms with Crippen LogP contribution in [0.15, 0.2) is 74.5 Å². The van der Waals surface area contributed by atoms with Crippen LogP contribution in [0, 0.1) is 6.92 Å². The summed E-state index contributed by atoms with van der Waals surface area (Å²) in [4.78, 5) is 43.6. The molecule has 0 saturated carbocycles. The van der Waals surface area contributed by atoms with Crippen molar-refractivity contribution in [3.8, 4) is 22.8 Å². The second-order valence-corrected chi connectivity index (χ2v) is 10.5. The molecule has 2 aromatic heterocycles. The molecule has 0 saturated heterocycles. The van der Waals surface area contributed by atoms with E-state index < -0.39 is 18.0 Å². The molecule has 2 aromatic carbocycles. The number of methoxy groups -OCH3 is 2. The fourth-order valence-electron chi connectivity index (χ4n) is 4.82. The van der Waals surface area contributed by atoms with Gasteiger partial charge in [0.25, 0.3) is 5.56 Å². The van der Waals surface area contributed by atoms with Crippen LogP contribution in [0.25, 0.3) is 17.4 Å². The fraction of sp³-hybridized carbons (Fsp3) is 0.250. The number of aromatic nitrogens is 1. The zero-order chi connectivity index (χ0) is 30.7. The van der Waals surface area contributed by atoms with E-state index in [2.05, 4.69) is 4.99 Å². The van der Waals surface area contributed by atoms with Gasteiger partial charge >= 0.3 is 11.9 Å². The van der Waals surface area contributed by atoms with Crippen molar-refractivity contribution in [1.29, 1.82) is 0 Å². The van der Waals surface area contributed by atoms with Gasteiger partial charge in [-0.05, 0) is 68.3 Å². The SMILES string of the molecule is CCOc1ccc([C@H]2C(C(=O)OC)=CN=c3s/c(=C\c4ccc(-c5cc(C(=O)OC)ccc5C)o4)c(=O)n32)cc1OCC. The minimum absolute atomic E-state index is 0.203. The Kier molecular flexibility index (Phi) is 8.63. The van der Waals surface area contributed by atoms with Crippen LogP contribution in [0.1, 0.15) is 47.1 Å². The van der Waals surface area contributed by atoms with Crippen LogP contribution in [-0.4, -0.2) is 43.9 Å². The number of ether oxygens (including phenoxy) is 4. The normalized spacial score (nSPS) is 14.4. The number of esters is 2. The van der Waals surface area contributed by atoms with E-state index >= 15 is 0 Å². The highest BCUT2D eigenvalue weighted by atomic mass is 32.1. The molecular weight excluding hydrogens is 572 g/mol. The Labute approximate surface area is 251 Å². The summed E-state index contributed by atoms with van der Waals surface area (Å²) in [5.41, 5.74) is 2.52. The first-order valence-electron chi connectivity index (χ1n) is 13.6. The molecule has 5 rings (SSSR count). The number of rotatable bonds is 9. The Morgan fingerprint density at radius 1 is 0.977 bits per heavy atom. The minimum Gasteiger partial charge on any atom is -0.490 e. The number of benzene rings is 2. The molecule has 1 atom stereocenters. The molecule has 3 heterocycles. The number of thiazole rings is 1. The Balaban J connectivity index is 1.59. The van der Waals surface area contributed by atoms with Crippen LogP contribution in [0.3, 0.4) is 0 Å². The highest BCUT2D eigenvalue weighted by Gasteiger charge is 2.31. The standard InChI is InChI=1S/C32H30N2O8S/c1-6-40-25-12-10-19(15-26(25)41-7-2)28-23(31(37)39-5)17-33-32-34(28)29(35)27(43-32)16-21-11-13-24(42-21)22-14-20(30(36)38-4)9-8-18(22)3/h8-17,28H,6-7H2,1-5H3/b27-16-/t28-/m0/s1. The van der Waals surface area contributed by atoms with Crippen molar-refractivity contribution in [1.82, 2.24) is 4.57 Å². The van der Waals surface area contributed by atoms with Crippen molar-refractivity contribution >= 4 is 29.4 Å². The second kappa shape index (κ2) is 12.5. The molecule has 0 bridgehead atoms. The predicted molar refractivity (Wildman–Crippen MR) is 160 cm³/mol. The summed E-state index contributed by atoms with van der Waals surface area (Å²) >= 11 is 1.17. The van der Waals surface area contributed by atoms with Crippen molar-refractivity contribution in [3.63, 3.8) is 0 Å². The number of nitrogens with zero attached hydrogens (tertiary/aromatic N) is 2. The van der Waals surface area contributed by atoms with Gasteiger partial charge in [0, 0.05) is 17.8 Å². The number of hydrogen-bond donors (Lipinski definition) is 0. The molecule has 0 aliphatic carbocycles. The highest BCUT2D eigenvalue weighted by Crippen LogP contribution is 2.35. The number of carbonyl (C=O) groups excluding carboxylic acids is 2. The van der Waals surface area contributed by atoms with Gasteiger partial charge in [0.2, 0.25) is 0 Å². The number of furan rings is 1. The topological polar surface area (TPSA) is 119 Å². The molecule has 0 spiro atoms. The van der Waals surface area contributed by atoms with Gasteiger partial charge in [-0.2, -0.15) is 0 Å². The predicted octanol–water partition coefficient (Wildman–Crippen LogP) is 4.17. The largest absolute Gasteiger partial charge is 0.490 e. The van der Waals surface area contributed by atoms with Crippen molar-refractivity contribution in [2.24, 2.45) is 4.99 Å². The molecule has 0 fully saturated rings. The maximum Gasteiger partial charge on any atom is 0.337 e. The van der Waals surface area contributed by atoms with E-state index in [1.54, 1.807) is 48.5 Å². The van der Waals surface area contributed by atoms with Crippen LogP contribution >= 0.6 is 11.3 Å². The third-order valence-corrected chi connectivity index (χ3v) is 7.83. The Morgan fingerprint density at radius 2 is 1.72 bits per heavy atom. The van der Waals surface area contributed by atoms with Gasteiger partial charge in [0.15, 0.2) is 16.3 Å². The molecule has 4 aromatic rings. The van der Waals surface area contributed by atoms with Crippen LogP contribution in [0.5, 0.6) is 11.5 Å². The third-order valence-electron chi connectivity index (χ3n) is 6.83.